The number of aryl methyl sites for hydroxylation is 1. The van der Waals surface area contributed by atoms with Crippen molar-refractivity contribution in [2.75, 3.05) is 27.2 Å². The van der Waals surface area contributed by atoms with E-state index in [2.05, 4.69) is 25.5 Å². The molecule has 1 heterocycles. The minimum atomic E-state index is -0.218. The summed E-state index contributed by atoms with van der Waals surface area (Å²) >= 11 is 1.65. The van der Waals surface area contributed by atoms with Crippen LogP contribution in [0.2, 0.25) is 0 Å². The van der Waals surface area contributed by atoms with E-state index >= 15 is 0 Å². The lowest BCUT2D eigenvalue weighted by Crippen LogP contribution is -2.41. The van der Waals surface area contributed by atoms with Crippen molar-refractivity contribution in [3.8, 4) is 0 Å². The van der Waals surface area contributed by atoms with Crippen molar-refractivity contribution in [1.29, 1.82) is 0 Å². The van der Waals surface area contributed by atoms with E-state index in [1.165, 1.54) is 10.9 Å². The average Bonchev–Trinajstić information content (AvgIpc) is 2.98. The molecule has 1 aromatic heterocycles. The van der Waals surface area contributed by atoms with Crippen molar-refractivity contribution in [3.63, 3.8) is 0 Å². The molecule has 0 aliphatic carbocycles. The first-order valence-electron chi connectivity index (χ1n) is 8.35. The summed E-state index contributed by atoms with van der Waals surface area (Å²) in [4.78, 5) is 12.2. The number of aliphatic imine (C=N–C) groups is 1. The molecule has 1 aromatic carbocycles. The van der Waals surface area contributed by atoms with E-state index < -0.39 is 0 Å². The number of aromatic nitrogens is 1. The highest BCUT2D eigenvalue weighted by Gasteiger charge is 2.15. The summed E-state index contributed by atoms with van der Waals surface area (Å²) in [7, 11) is 3.97. The zero-order valence-corrected chi connectivity index (χ0v) is 18.8. The maximum Gasteiger partial charge on any atom is 0.191 e. The molecule has 0 saturated carbocycles. The monoisotopic (exact) mass is 491 g/mol. The summed E-state index contributed by atoms with van der Waals surface area (Å²) in [5, 5.41) is 7.58. The molecule has 2 aromatic rings. The van der Waals surface area contributed by atoms with Crippen LogP contribution in [0.1, 0.15) is 28.4 Å². The SMILES string of the molecule is CCNC(=NCc1ncc(C)s1)NCC(c1cccc(F)c1)N(C)C.I. The predicted octanol–water partition coefficient (Wildman–Crippen LogP) is 3.57. The van der Waals surface area contributed by atoms with E-state index in [0.29, 0.717) is 13.1 Å². The Kier molecular flexibility index (Phi) is 10.0. The van der Waals surface area contributed by atoms with Crippen LogP contribution in [0.4, 0.5) is 4.39 Å². The fourth-order valence-electron chi connectivity index (χ4n) is 2.47. The number of thiazole rings is 1. The lowest BCUT2D eigenvalue weighted by atomic mass is 10.1. The Morgan fingerprint density at radius 1 is 1.35 bits per heavy atom. The van der Waals surface area contributed by atoms with Crippen LogP contribution in [0.25, 0.3) is 0 Å². The molecule has 0 amide bonds. The van der Waals surface area contributed by atoms with Crippen LogP contribution in [0, 0.1) is 12.7 Å². The van der Waals surface area contributed by atoms with Gasteiger partial charge in [-0.15, -0.1) is 35.3 Å². The predicted molar refractivity (Wildman–Crippen MR) is 118 cm³/mol. The van der Waals surface area contributed by atoms with Gasteiger partial charge in [-0.2, -0.15) is 0 Å². The van der Waals surface area contributed by atoms with Gasteiger partial charge in [0.15, 0.2) is 5.96 Å². The van der Waals surface area contributed by atoms with Crippen LogP contribution >= 0.6 is 35.3 Å². The summed E-state index contributed by atoms with van der Waals surface area (Å²) in [6.45, 7) is 6.00. The number of hydrogen-bond acceptors (Lipinski definition) is 4. The number of rotatable bonds is 7. The molecule has 0 aliphatic rings. The second kappa shape index (κ2) is 11.5. The average molecular weight is 491 g/mol. The standard InChI is InChI=1S/C18H26FN5S.HI/c1-5-20-18(23-12-17-21-10-13(2)25-17)22-11-16(24(3)4)14-7-6-8-15(19)9-14;/h6-10,16H,5,11-12H2,1-4H3,(H2,20,22,23);1H. The number of likely N-dealkylation sites (N-methyl/N-ethyl adjacent to an activating group) is 1. The lowest BCUT2D eigenvalue weighted by molar-refractivity contribution is 0.297. The lowest BCUT2D eigenvalue weighted by Gasteiger charge is -2.26. The Morgan fingerprint density at radius 3 is 2.69 bits per heavy atom. The van der Waals surface area contributed by atoms with Crippen molar-refractivity contribution < 1.29 is 4.39 Å². The summed E-state index contributed by atoms with van der Waals surface area (Å²) in [5.41, 5.74) is 0.934. The van der Waals surface area contributed by atoms with E-state index in [4.69, 9.17) is 0 Å². The molecule has 0 saturated heterocycles. The van der Waals surface area contributed by atoms with Crippen LogP contribution in [0.15, 0.2) is 35.5 Å². The van der Waals surface area contributed by atoms with Crippen molar-refractivity contribution >= 4 is 41.3 Å². The normalized spacial score (nSPS) is 12.6. The highest BCUT2D eigenvalue weighted by Crippen LogP contribution is 2.18. The Labute approximate surface area is 176 Å². The van der Waals surface area contributed by atoms with Crippen LogP contribution < -0.4 is 10.6 Å². The molecule has 0 radical (unpaired) electrons. The largest absolute Gasteiger partial charge is 0.357 e. The molecule has 0 bridgehead atoms. The van der Waals surface area contributed by atoms with Gasteiger partial charge in [0.2, 0.25) is 0 Å². The quantitative estimate of drug-likeness (QED) is 0.354. The summed E-state index contributed by atoms with van der Waals surface area (Å²) < 4.78 is 13.5. The maximum atomic E-state index is 13.5. The minimum Gasteiger partial charge on any atom is -0.357 e. The highest BCUT2D eigenvalue weighted by molar-refractivity contribution is 14.0. The first-order chi connectivity index (χ1) is 12.0. The van der Waals surface area contributed by atoms with Crippen LogP contribution in [0.3, 0.4) is 0 Å². The molecule has 0 spiro atoms. The van der Waals surface area contributed by atoms with Gasteiger partial charge in [0.05, 0.1) is 12.6 Å². The Morgan fingerprint density at radius 2 is 2.12 bits per heavy atom. The molecular weight excluding hydrogens is 464 g/mol. The van der Waals surface area contributed by atoms with E-state index in [1.807, 2.05) is 40.2 Å². The summed E-state index contributed by atoms with van der Waals surface area (Å²) in [5.74, 6) is 0.516. The molecule has 5 nitrogen and oxygen atoms in total. The first-order valence-corrected chi connectivity index (χ1v) is 9.16. The van der Waals surface area contributed by atoms with Gasteiger partial charge >= 0.3 is 0 Å². The van der Waals surface area contributed by atoms with Crippen molar-refractivity contribution in [2.45, 2.75) is 26.4 Å². The summed E-state index contributed by atoms with van der Waals surface area (Å²) in [6, 6.07) is 6.77. The maximum absolute atomic E-state index is 13.5. The third kappa shape index (κ3) is 7.16. The first kappa shape index (κ1) is 22.8. The van der Waals surface area contributed by atoms with Crippen LogP contribution in [-0.2, 0) is 6.54 Å². The fourth-order valence-corrected chi connectivity index (χ4v) is 3.18. The number of nitrogens with one attached hydrogen (secondary N) is 2. The Bertz CT molecular complexity index is 704. The molecule has 1 atom stereocenters. The van der Waals surface area contributed by atoms with E-state index in [0.717, 1.165) is 23.1 Å². The number of guanidine groups is 1. The second-order valence-electron chi connectivity index (χ2n) is 5.98. The topological polar surface area (TPSA) is 52.6 Å². The Hall–Kier alpha value is -1.26. The minimum absolute atomic E-state index is 0. The van der Waals surface area contributed by atoms with Crippen LogP contribution in [-0.4, -0.2) is 43.0 Å². The zero-order chi connectivity index (χ0) is 18.2. The zero-order valence-electron chi connectivity index (χ0n) is 15.6. The molecule has 8 heteroatoms. The van der Waals surface area contributed by atoms with Gasteiger partial charge in [-0.3, -0.25) is 0 Å². The van der Waals surface area contributed by atoms with Crippen LogP contribution in [0.5, 0.6) is 0 Å². The molecule has 0 aliphatic heterocycles. The van der Waals surface area contributed by atoms with Gasteiger partial charge in [0.1, 0.15) is 10.8 Å². The van der Waals surface area contributed by atoms with E-state index in [1.54, 1.807) is 23.5 Å². The van der Waals surface area contributed by atoms with Gasteiger partial charge in [-0.1, -0.05) is 12.1 Å². The number of halogens is 2. The molecule has 1 unspecified atom stereocenters. The van der Waals surface area contributed by atoms with Gasteiger partial charge < -0.3 is 15.5 Å². The fraction of sp³-hybridized carbons (Fsp3) is 0.444. The van der Waals surface area contributed by atoms with E-state index in [-0.39, 0.29) is 35.8 Å². The van der Waals surface area contributed by atoms with Crippen molar-refractivity contribution in [3.05, 3.63) is 51.7 Å². The molecule has 144 valence electrons. The molecule has 2 N–H and O–H groups in total. The number of benzene rings is 1. The Balaban J connectivity index is 0.00000338. The number of hydrogen-bond donors (Lipinski definition) is 2. The third-order valence-corrected chi connectivity index (χ3v) is 4.60. The molecule has 2 rings (SSSR count). The third-order valence-electron chi connectivity index (χ3n) is 3.71. The second-order valence-corrected chi connectivity index (χ2v) is 7.29. The van der Waals surface area contributed by atoms with E-state index in [9.17, 15) is 4.39 Å². The van der Waals surface area contributed by atoms with Crippen molar-refractivity contribution in [2.24, 2.45) is 4.99 Å². The molecule has 26 heavy (non-hydrogen) atoms. The molecule has 0 fully saturated rings. The van der Waals surface area contributed by atoms with Gasteiger partial charge in [0.25, 0.3) is 0 Å². The van der Waals surface area contributed by atoms with Crippen molar-refractivity contribution in [1.82, 2.24) is 20.5 Å². The van der Waals surface area contributed by atoms with Gasteiger partial charge in [-0.25, -0.2) is 14.4 Å². The smallest absolute Gasteiger partial charge is 0.191 e. The van der Waals surface area contributed by atoms with Gasteiger partial charge in [0, 0.05) is 24.2 Å². The number of nitrogens with zero attached hydrogens (tertiary/aromatic N) is 3. The summed E-state index contributed by atoms with van der Waals surface area (Å²) in [6.07, 6.45) is 1.86. The highest BCUT2D eigenvalue weighted by atomic mass is 127. The van der Waals surface area contributed by atoms with Gasteiger partial charge in [-0.05, 0) is 45.6 Å². The molecular formula is C18H27FIN5S.